The second-order valence-electron chi connectivity index (χ2n) is 5.41. The largest absolute Gasteiger partial charge is 0.447 e. The molecule has 1 fully saturated rings. The third kappa shape index (κ3) is 2.90. The zero-order valence-corrected chi connectivity index (χ0v) is 13.1. The van der Waals surface area contributed by atoms with Gasteiger partial charge in [-0.25, -0.2) is 9.69 Å². The average molecular weight is 315 g/mol. The van der Waals surface area contributed by atoms with Crippen LogP contribution in [0.5, 0.6) is 0 Å². The molecule has 0 N–H and O–H groups in total. The van der Waals surface area contributed by atoms with Gasteiger partial charge in [0.05, 0.1) is 12.0 Å². The highest BCUT2D eigenvalue weighted by Gasteiger charge is 2.39. The summed E-state index contributed by atoms with van der Waals surface area (Å²) in [6, 6.07) is 11.5. The van der Waals surface area contributed by atoms with Crippen molar-refractivity contribution >= 4 is 23.3 Å². The summed E-state index contributed by atoms with van der Waals surface area (Å²) in [7, 11) is 0. The highest BCUT2D eigenvalue weighted by Crippen LogP contribution is 2.25. The van der Waals surface area contributed by atoms with Crippen molar-refractivity contribution in [2.75, 3.05) is 6.61 Å². The Kier molecular flexibility index (Phi) is 4.24. The molecule has 1 aliphatic heterocycles. The normalized spacial score (nSPS) is 19.0. The third-order valence-corrected chi connectivity index (χ3v) is 4.63. The van der Waals surface area contributed by atoms with Crippen LogP contribution >= 0.6 is 11.3 Å². The van der Waals surface area contributed by atoms with Crippen LogP contribution in [0.15, 0.2) is 47.2 Å². The molecule has 2 atom stereocenters. The zero-order valence-electron chi connectivity index (χ0n) is 12.3. The zero-order chi connectivity index (χ0) is 15.5. The number of nitrogens with zero attached hydrogens (tertiary/aromatic N) is 1. The molecule has 114 valence electrons. The lowest BCUT2D eigenvalue weighted by atomic mass is 10.0. The van der Waals surface area contributed by atoms with E-state index in [1.165, 1.54) is 4.90 Å². The third-order valence-electron chi connectivity index (χ3n) is 3.93. The van der Waals surface area contributed by atoms with Gasteiger partial charge in [-0.3, -0.25) is 4.79 Å². The summed E-state index contributed by atoms with van der Waals surface area (Å²) >= 11 is 1.55. The van der Waals surface area contributed by atoms with Gasteiger partial charge >= 0.3 is 6.09 Å². The lowest BCUT2D eigenvalue weighted by Crippen LogP contribution is -2.42. The Balaban J connectivity index is 1.77. The summed E-state index contributed by atoms with van der Waals surface area (Å²) in [6.07, 6.45) is 0.0855. The van der Waals surface area contributed by atoms with Gasteiger partial charge in [-0.15, -0.1) is 0 Å². The van der Waals surface area contributed by atoms with Crippen molar-refractivity contribution in [3.63, 3.8) is 0 Å². The Hall–Kier alpha value is -2.14. The number of amides is 2. The van der Waals surface area contributed by atoms with Crippen LogP contribution in [0.25, 0.3) is 0 Å². The number of carbonyl (C=O) groups excluding carboxylic acids is 2. The van der Waals surface area contributed by atoms with Crippen LogP contribution in [0.4, 0.5) is 4.79 Å². The van der Waals surface area contributed by atoms with Crippen molar-refractivity contribution in [3.05, 3.63) is 58.3 Å². The van der Waals surface area contributed by atoms with E-state index in [4.69, 9.17) is 4.74 Å². The van der Waals surface area contributed by atoms with E-state index in [2.05, 4.69) is 0 Å². The fourth-order valence-corrected chi connectivity index (χ4v) is 3.39. The lowest BCUT2D eigenvalue weighted by Gasteiger charge is -2.22. The van der Waals surface area contributed by atoms with Crippen LogP contribution in [0.1, 0.15) is 24.0 Å². The number of carbonyl (C=O) groups is 2. The predicted octanol–water partition coefficient (Wildman–Crippen LogP) is 3.44. The molecular weight excluding hydrogens is 298 g/mol. The van der Waals surface area contributed by atoms with Gasteiger partial charge < -0.3 is 4.74 Å². The van der Waals surface area contributed by atoms with E-state index in [0.717, 1.165) is 11.1 Å². The number of ether oxygens (including phenoxy) is 1. The van der Waals surface area contributed by atoms with Gasteiger partial charge in [-0.1, -0.05) is 30.3 Å². The summed E-state index contributed by atoms with van der Waals surface area (Å²) in [5, 5.41) is 3.87. The van der Waals surface area contributed by atoms with Gasteiger partial charge in [0.25, 0.3) is 0 Å². The highest BCUT2D eigenvalue weighted by molar-refractivity contribution is 7.08. The van der Waals surface area contributed by atoms with Crippen molar-refractivity contribution in [1.29, 1.82) is 0 Å². The number of rotatable bonds is 4. The minimum absolute atomic E-state index is 0.193. The first kappa shape index (κ1) is 14.8. The minimum atomic E-state index is -0.534. The SMILES string of the molecule is C[C@H](C(=O)N1C(=O)OC[C@@H]1Cc1ccccc1)c1ccsc1. The maximum atomic E-state index is 12.7. The Labute approximate surface area is 133 Å². The molecule has 2 amide bonds. The molecule has 0 radical (unpaired) electrons. The molecule has 0 spiro atoms. The summed E-state index contributed by atoms with van der Waals surface area (Å²) in [4.78, 5) is 25.9. The fourth-order valence-electron chi connectivity index (χ4n) is 2.64. The van der Waals surface area contributed by atoms with E-state index in [1.807, 2.05) is 54.1 Å². The smallest absolute Gasteiger partial charge is 0.417 e. The van der Waals surface area contributed by atoms with Crippen LogP contribution in [-0.4, -0.2) is 29.5 Å². The summed E-state index contributed by atoms with van der Waals surface area (Å²) in [5.41, 5.74) is 2.03. The summed E-state index contributed by atoms with van der Waals surface area (Å²) < 4.78 is 5.11. The van der Waals surface area contributed by atoms with E-state index < -0.39 is 6.09 Å². The van der Waals surface area contributed by atoms with Crippen LogP contribution in [-0.2, 0) is 16.0 Å². The van der Waals surface area contributed by atoms with Gasteiger partial charge in [0.1, 0.15) is 6.61 Å². The lowest BCUT2D eigenvalue weighted by molar-refractivity contribution is -0.130. The Bertz CT molecular complexity index is 654. The van der Waals surface area contributed by atoms with E-state index >= 15 is 0 Å². The van der Waals surface area contributed by atoms with Gasteiger partial charge in [0, 0.05) is 0 Å². The molecule has 1 aromatic heterocycles. The van der Waals surface area contributed by atoms with Crippen molar-refractivity contribution < 1.29 is 14.3 Å². The maximum Gasteiger partial charge on any atom is 0.417 e. The molecule has 1 saturated heterocycles. The standard InChI is InChI=1S/C17H17NO3S/c1-12(14-7-8-22-11-14)16(19)18-15(10-21-17(18)20)9-13-5-3-2-4-6-13/h2-8,11-12,15H,9-10H2,1H3/t12-,15-/m0/s1. The Morgan fingerprint density at radius 2 is 2.14 bits per heavy atom. The van der Waals surface area contributed by atoms with Crippen molar-refractivity contribution in [3.8, 4) is 0 Å². The van der Waals surface area contributed by atoms with Gasteiger partial charge in [-0.05, 0) is 41.3 Å². The molecule has 0 saturated carbocycles. The first-order valence-electron chi connectivity index (χ1n) is 7.22. The van der Waals surface area contributed by atoms with Gasteiger partial charge in [0.15, 0.2) is 0 Å². The minimum Gasteiger partial charge on any atom is -0.447 e. The Morgan fingerprint density at radius 3 is 2.82 bits per heavy atom. The molecule has 5 heteroatoms. The molecule has 22 heavy (non-hydrogen) atoms. The molecular formula is C17H17NO3S. The second-order valence-corrected chi connectivity index (χ2v) is 6.19. The first-order chi connectivity index (χ1) is 10.7. The molecule has 2 aromatic rings. The van der Waals surface area contributed by atoms with E-state index in [-0.39, 0.29) is 24.5 Å². The van der Waals surface area contributed by atoms with E-state index in [1.54, 1.807) is 11.3 Å². The predicted molar refractivity (Wildman–Crippen MR) is 84.9 cm³/mol. The molecule has 1 aliphatic rings. The van der Waals surface area contributed by atoms with Crippen LogP contribution in [0.3, 0.4) is 0 Å². The van der Waals surface area contributed by atoms with Gasteiger partial charge in [-0.2, -0.15) is 11.3 Å². The molecule has 3 rings (SSSR count). The summed E-state index contributed by atoms with van der Waals surface area (Å²) in [6.45, 7) is 2.09. The molecule has 4 nitrogen and oxygen atoms in total. The second kappa shape index (κ2) is 6.32. The van der Waals surface area contributed by atoms with Crippen LogP contribution < -0.4 is 0 Å². The van der Waals surface area contributed by atoms with Crippen molar-refractivity contribution in [2.45, 2.75) is 25.3 Å². The number of imide groups is 1. The van der Waals surface area contributed by atoms with E-state index in [9.17, 15) is 9.59 Å². The van der Waals surface area contributed by atoms with Crippen molar-refractivity contribution in [2.24, 2.45) is 0 Å². The number of benzene rings is 1. The quantitative estimate of drug-likeness (QED) is 0.868. The number of hydrogen-bond donors (Lipinski definition) is 0. The molecule has 0 unspecified atom stereocenters. The number of thiophene rings is 1. The first-order valence-corrected chi connectivity index (χ1v) is 8.17. The number of cyclic esters (lactones) is 1. The summed E-state index contributed by atoms with van der Waals surface area (Å²) in [5.74, 6) is -0.531. The molecule has 2 heterocycles. The monoisotopic (exact) mass is 315 g/mol. The maximum absolute atomic E-state index is 12.7. The van der Waals surface area contributed by atoms with Crippen LogP contribution in [0, 0.1) is 0 Å². The topological polar surface area (TPSA) is 46.6 Å². The Morgan fingerprint density at radius 1 is 1.36 bits per heavy atom. The number of hydrogen-bond acceptors (Lipinski definition) is 4. The highest BCUT2D eigenvalue weighted by atomic mass is 32.1. The van der Waals surface area contributed by atoms with Crippen molar-refractivity contribution in [1.82, 2.24) is 4.90 Å². The molecule has 0 aliphatic carbocycles. The molecule has 0 bridgehead atoms. The van der Waals surface area contributed by atoms with Crippen LogP contribution in [0.2, 0.25) is 0 Å². The van der Waals surface area contributed by atoms with E-state index in [0.29, 0.717) is 6.42 Å². The fraction of sp³-hybridized carbons (Fsp3) is 0.294. The molecule has 1 aromatic carbocycles. The van der Waals surface area contributed by atoms with Gasteiger partial charge in [0.2, 0.25) is 5.91 Å². The average Bonchev–Trinajstić information content (AvgIpc) is 3.17.